The van der Waals surface area contributed by atoms with Crippen molar-refractivity contribution in [3.05, 3.63) is 47.1 Å². The summed E-state index contributed by atoms with van der Waals surface area (Å²) in [7, 11) is -2.18. The van der Waals surface area contributed by atoms with E-state index in [0.717, 1.165) is 12.8 Å². The fourth-order valence-corrected chi connectivity index (χ4v) is 7.03. The van der Waals surface area contributed by atoms with Crippen LogP contribution in [0.4, 0.5) is 0 Å². The van der Waals surface area contributed by atoms with Gasteiger partial charge < -0.3 is 14.3 Å². The molecule has 34 heavy (non-hydrogen) atoms. The second-order valence-corrected chi connectivity index (χ2v) is 16.1. The molecule has 5 rings (SSSR count). The molecule has 1 aliphatic heterocycles. The highest BCUT2D eigenvalue weighted by atomic mass is 28.4. The summed E-state index contributed by atoms with van der Waals surface area (Å²) < 4.78 is 12.2. The number of fused-ring (bicyclic) bond motifs is 1. The number of aliphatic hydroxyl groups is 1. The van der Waals surface area contributed by atoms with Crippen LogP contribution in [0.25, 0.3) is 5.76 Å². The van der Waals surface area contributed by atoms with Crippen molar-refractivity contribution in [2.45, 2.75) is 82.4 Å². The molecular formula is C26H32O7Si. The molecule has 2 bridgehead atoms. The zero-order chi connectivity index (χ0) is 24.7. The summed E-state index contributed by atoms with van der Waals surface area (Å²) >= 11 is 0. The Morgan fingerprint density at radius 3 is 2.65 bits per heavy atom. The minimum atomic E-state index is -2.18. The largest absolute Gasteiger partial charge is 0.507 e. The molecule has 0 radical (unpaired) electrons. The number of rotatable bonds is 3. The Labute approximate surface area is 200 Å². The summed E-state index contributed by atoms with van der Waals surface area (Å²) in [5.74, 6) is -1.29. The number of Topliss-reactive ketones (excluding diaryl/α,β-unsaturated/α-hetero) is 1. The highest BCUT2D eigenvalue weighted by molar-refractivity contribution is 6.74. The SMILES string of the molecule is CC(=O)Oc1cccc2c1C(O)=C1C=C[C@]34CCC[C@@H](O[Si](C)(C)C(C)(C)C)[C@@H]3[C@]1(OO4)C2=O. The van der Waals surface area contributed by atoms with Crippen molar-refractivity contribution in [2.24, 2.45) is 5.92 Å². The lowest BCUT2D eigenvalue weighted by molar-refractivity contribution is -0.322. The van der Waals surface area contributed by atoms with Gasteiger partial charge in [-0.1, -0.05) is 39.0 Å². The van der Waals surface area contributed by atoms with Gasteiger partial charge in [-0.2, -0.15) is 0 Å². The van der Waals surface area contributed by atoms with Crippen molar-refractivity contribution in [1.29, 1.82) is 0 Å². The molecule has 0 amide bonds. The Hall–Kier alpha value is -2.26. The van der Waals surface area contributed by atoms with E-state index < -0.39 is 31.4 Å². The van der Waals surface area contributed by atoms with E-state index in [1.54, 1.807) is 24.3 Å². The van der Waals surface area contributed by atoms with Gasteiger partial charge in [0.15, 0.2) is 8.32 Å². The van der Waals surface area contributed by atoms with Crippen LogP contribution in [0.2, 0.25) is 18.1 Å². The van der Waals surface area contributed by atoms with Crippen molar-refractivity contribution in [1.82, 2.24) is 0 Å². The van der Waals surface area contributed by atoms with Gasteiger partial charge in [-0.3, -0.25) is 9.59 Å². The second kappa shape index (κ2) is 7.37. The number of ketones is 1. The molecule has 1 saturated heterocycles. The molecule has 4 aliphatic rings. The van der Waals surface area contributed by atoms with Gasteiger partial charge in [0.2, 0.25) is 11.4 Å². The zero-order valence-corrected chi connectivity index (χ0v) is 21.6. The van der Waals surface area contributed by atoms with Gasteiger partial charge in [0.05, 0.1) is 17.6 Å². The van der Waals surface area contributed by atoms with E-state index in [0.29, 0.717) is 12.0 Å². The molecule has 0 unspecified atom stereocenters. The molecule has 1 saturated carbocycles. The van der Waals surface area contributed by atoms with Gasteiger partial charge in [0.25, 0.3) is 0 Å². The standard InChI is InChI=1S/C26H32O7Si/c1-15(27)30-18-10-7-9-16-20(18)21(28)17-12-14-25-13-8-11-19(31-34(5,6)24(2,3)4)22(25)26(17,23(16)29)33-32-25/h7,9-10,12,14,19,22,28H,8,11,13H2,1-6H3/t19-,22+,25-,26+/m1/s1. The average Bonchev–Trinajstić information content (AvgIpc) is 2.99. The van der Waals surface area contributed by atoms with Crippen LogP contribution in [0.15, 0.2) is 35.9 Å². The lowest BCUT2D eigenvalue weighted by Gasteiger charge is -2.50. The normalized spacial score (nSPS) is 32.2. The molecule has 1 aromatic rings. The van der Waals surface area contributed by atoms with Crippen molar-refractivity contribution in [2.75, 3.05) is 0 Å². The number of hydrogen-bond acceptors (Lipinski definition) is 7. The maximum absolute atomic E-state index is 14.2. The first-order valence-electron chi connectivity index (χ1n) is 11.9. The zero-order valence-electron chi connectivity index (χ0n) is 20.6. The third kappa shape index (κ3) is 3.05. The summed E-state index contributed by atoms with van der Waals surface area (Å²) in [5, 5.41) is 11.4. The van der Waals surface area contributed by atoms with Crippen LogP contribution in [-0.2, 0) is 19.0 Å². The predicted molar refractivity (Wildman–Crippen MR) is 128 cm³/mol. The number of hydrogen-bond donors (Lipinski definition) is 1. The van der Waals surface area contributed by atoms with Crippen molar-refractivity contribution in [3.8, 4) is 5.75 Å². The number of aliphatic hydroxyl groups excluding tert-OH is 1. The van der Waals surface area contributed by atoms with Gasteiger partial charge in [-0.15, -0.1) is 0 Å². The highest BCUT2D eigenvalue weighted by Crippen LogP contribution is 2.62. The molecule has 7 nitrogen and oxygen atoms in total. The third-order valence-corrected chi connectivity index (χ3v) is 12.8. The topological polar surface area (TPSA) is 91.3 Å². The van der Waals surface area contributed by atoms with Gasteiger partial charge in [0.1, 0.15) is 17.1 Å². The van der Waals surface area contributed by atoms with E-state index in [1.807, 2.05) is 6.08 Å². The Morgan fingerprint density at radius 2 is 1.97 bits per heavy atom. The first-order valence-corrected chi connectivity index (χ1v) is 14.8. The van der Waals surface area contributed by atoms with Gasteiger partial charge >= 0.3 is 5.97 Å². The maximum atomic E-state index is 14.2. The summed E-state index contributed by atoms with van der Waals surface area (Å²) in [6.45, 7) is 12.2. The fraction of sp³-hybridized carbons (Fsp3) is 0.538. The Bertz CT molecular complexity index is 1140. The molecule has 3 aliphatic carbocycles. The molecule has 1 aromatic carbocycles. The van der Waals surface area contributed by atoms with Crippen LogP contribution in [-0.4, -0.2) is 42.5 Å². The molecule has 8 heteroatoms. The monoisotopic (exact) mass is 484 g/mol. The van der Waals surface area contributed by atoms with Gasteiger partial charge in [-0.05, 0) is 49.5 Å². The van der Waals surface area contributed by atoms with E-state index >= 15 is 0 Å². The van der Waals surface area contributed by atoms with E-state index in [9.17, 15) is 14.7 Å². The molecule has 0 aromatic heterocycles. The Morgan fingerprint density at radius 1 is 1.24 bits per heavy atom. The van der Waals surface area contributed by atoms with Crippen LogP contribution < -0.4 is 4.74 Å². The third-order valence-electron chi connectivity index (χ3n) is 8.26. The van der Waals surface area contributed by atoms with Crippen LogP contribution in [0, 0.1) is 5.92 Å². The number of benzene rings is 1. The van der Waals surface area contributed by atoms with Crippen LogP contribution in [0.1, 0.15) is 62.9 Å². The van der Waals surface area contributed by atoms with Crippen LogP contribution in [0.5, 0.6) is 5.75 Å². The molecular weight excluding hydrogens is 452 g/mol. The minimum absolute atomic E-state index is 0.0105. The van der Waals surface area contributed by atoms with Crippen LogP contribution >= 0.6 is 0 Å². The fourth-order valence-electron chi connectivity index (χ4n) is 5.66. The van der Waals surface area contributed by atoms with E-state index in [1.165, 1.54) is 6.92 Å². The maximum Gasteiger partial charge on any atom is 0.308 e. The van der Waals surface area contributed by atoms with Crippen molar-refractivity contribution in [3.63, 3.8) is 0 Å². The second-order valence-electron chi connectivity index (χ2n) is 11.3. The van der Waals surface area contributed by atoms with Crippen LogP contribution in [0.3, 0.4) is 0 Å². The Balaban J connectivity index is 1.68. The van der Waals surface area contributed by atoms with Gasteiger partial charge in [0, 0.05) is 18.1 Å². The first-order chi connectivity index (χ1) is 15.8. The minimum Gasteiger partial charge on any atom is -0.507 e. The number of ether oxygens (including phenoxy) is 1. The Kier molecular flexibility index (Phi) is 5.09. The lowest BCUT2D eigenvalue weighted by atomic mass is 9.57. The molecule has 1 heterocycles. The molecule has 182 valence electrons. The summed E-state index contributed by atoms with van der Waals surface area (Å²) in [5.41, 5.74) is -1.54. The number of carbonyl (C=O) groups is 2. The average molecular weight is 485 g/mol. The molecule has 2 fully saturated rings. The van der Waals surface area contributed by atoms with Gasteiger partial charge in [-0.25, -0.2) is 9.78 Å². The first kappa shape index (κ1) is 23.5. The van der Waals surface area contributed by atoms with E-state index in [-0.39, 0.29) is 39.6 Å². The van der Waals surface area contributed by atoms with Crippen molar-refractivity contribution < 1.29 is 33.6 Å². The van der Waals surface area contributed by atoms with E-state index in [4.69, 9.17) is 18.9 Å². The smallest absolute Gasteiger partial charge is 0.308 e. The lowest BCUT2D eigenvalue weighted by Crippen LogP contribution is -2.62. The van der Waals surface area contributed by atoms with E-state index in [2.05, 4.69) is 33.9 Å². The predicted octanol–water partition coefficient (Wildman–Crippen LogP) is 5.28. The molecule has 1 spiro atoms. The summed E-state index contributed by atoms with van der Waals surface area (Å²) in [4.78, 5) is 37.8. The molecule has 1 N–H and O–H groups in total. The summed E-state index contributed by atoms with van der Waals surface area (Å²) in [6.07, 6.45) is 5.73. The molecule has 4 atom stereocenters. The summed E-state index contributed by atoms with van der Waals surface area (Å²) in [6, 6.07) is 4.83. The number of esters is 1. The quantitative estimate of drug-likeness (QED) is 0.270. The van der Waals surface area contributed by atoms with Crippen molar-refractivity contribution >= 4 is 25.8 Å². The number of carbonyl (C=O) groups excluding carboxylic acids is 2. The highest BCUT2D eigenvalue weighted by Gasteiger charge is 2.72.